The highest BCUT2D eigenvalue weighted by Crippen LogP contribution is 2.20. The molecule has 0 unspecified atom stereocenters. The van der Waals surface area contributed by atoms with Crippen molar-refractivity contribution in [1.82, 2.24) is 4.98 Å². The van der Waals surface area contributed by atoms with Crippen LogP contribution < -0.4 is 15.4 Å². The van der Waals surface area contributed by atoms with Crippen molar-refractivity contribution in [3.63, 3.8) is 0 Å². The van der Waals surface area contributed by atoms with Crippen LogP contribution in [-0.4, -0.2) is 18.0 Å². The second-order valence-corrected chi connectivity index (χ2v) is 4.29. The van der Waals surface area contributed by atoms with E-state index in [9.17, 15) is 4.79 Å². The van der Waals surface area contributed by atoms with E-state index in [2.05, 4.69) is 15.6 Å². The van der Waals surface area contributed by atoms with Gasteiger partial charge in [0.2, 0.25) is 11.8 Å². The number of amides is 1. The van der Waals surface area contributed by atoms with Crippen molar-refractivity contribution in [2.45, 2.75) is 13.5 Å². The maximum absolute atomic E-state index is 10.9. The molecule has 0 aliphatic rings. The highest BCUT2D eigenvalue weighted by Gasteiger charge is 2.02. The van der Waals surface area contributed by atoms with E-state index in [0.29, 0.717) is 12.4 Å². The van der Waals surface area contributed by atoms with Gasteiger partial charge in [-0.1, -0.05) is 12.1 Å². The third-order valence-electron chi connectivity index (χ3n) is 2.72. The number of carbonyl (C=O) groups is 1. The van der Waals surface area contributed by atoms with E-state index in [1.54, 1.807) is 13.3 Å². The average molecular weight is 271 g/mol. The van der Waals surface area contributed by atoms with Gasteiger partial charge in [0.25, 0.3) is 0 Å². The van der Waals surface area contributed by atoms with Gasteiger partial charge in [0.05, 0.1) is 12.8 Å². The molecule has 104 valence electrons. The molecule has 20 heavy (non-hydrogen) atoms. The van der Waals surface area contributed by atoms with Crippen LogP contribution in [0.25, 0.3) is 0 Å². The summed E-state index contributed by atoms with van der Waals surface area (Å²) < 4.78 is 5.18. The van der Waals surface area contributed by atoms with Crippen LogP contribution in [0.5, 0.6) is 5.88 Å². The zero-order valence-corrected chi connectivity index (χ0v) is 11.5. The van der Waals surface area contributed by atoms with Crippen molar-refractivity contribution < 1.29 is 9.53 Å². The van der Waals surface area contributed by atoms with Crippen molar-refractivity contribution in [1.29, 1.82) is 0 Å². The molecule has 5 heteroatoms. The third-order valence-corrected chi connectivity index (χ3v) is 2.72. The monoisotopic (exact) mass is 271 g/mol. The van der Waals surface area contributed by atoms with Gasteiger partial charge in [-0.2, -0.15) is 0 Å². The number of rotatable bonds is 5. The van der Waals surface area contributed by atoms with Crippen LogP contribution in [0.4, 0.5) is 11.4 Å². The summed E-state index contributed by atoms with van der Waals surface area (Å²) in [7, 11) is 1.59. The molecule has 1 aromatic heterocycles. The number of methoxy groups -OCH3 is 1. The van der Waals surface area contributed by atoms with E-state index < -0.39 is 0 Å². The van der Waals surface area contributed by atoms with Gasteiger partial charge in [0, 0.05) is 25.4 Å². The fourth-order valence-corrected chi connectivity index (χ4v) is 1.79. The molecule has 2 aromatic rings. The SMILES string of the molecule is COc1ncccc1NCc1ccc(NC(C)=O)cc1. The van der Waals surface area contributed by atoms with Gasteiger partial charge < -0.3 is 15.4 Å². The van der Waals surface area contributed by atoms with Gasteiger partial charge in [-0.15, -0.1) is 0 Å². The summed E-state index contributed by atoms with van der Waals surface area (Å²) in [4.78, 5) is 15.1. The summed E-state index contributed by atoms with van der Waals surface area (Å²) in [6, 6.07) is 11.4. The number of nitrogens with one attached hydrogen (secondary N) is 2. The second kappa shape index (κ2) is 6.56. The minimum Gasteiger partial charge on any atom is -0.480 e. The summed E-state index contributed by atoms with van der Waals surface area (Å²) in [6.07, 6.45) is 1.69. The molecule has 1 heterocycles. The Kier molecular flexibility index (Phi) is 4.55. The first kappa shape index (κ1) is 13.9. The predicted octanol–water partition coefficient (Wildman–Crippen LogP) is 2.66. The van der Waals surface area contributed by atoms with E-state index in [1.807, 2.05) is 36.4 Å². The highest BCUT2D eigenvalue weighted by atomic mass is 16.5. The van der Waals surface area contributed by atoms with Crippen molar-refractivity contribution in [2.75, 3.05) is 17.7 Å². The summed E-state index contributed by atoms with van der Waals surface area (Å²) >= 11 is 0. The lowest BCUT2D eigenvalue weighted by Crippen LogP contribution is -2.06. The summed E-state index contributed by atoms with van der Waals surface area (Å²) in [5, 5.41) is 6.00. The number of nitrogens with zero attached hydrogens (tertiary/aromatic N) is 1. The zero-order chi connectivity index (χ0) is 14.4. The molecule has 0 atom stereocenters. The third kappa shape index (κ3) is 3.71. The molecule has 1 aromatic carbocycles. The van der Waals surface area contributed by atoms with Gasteiger partial charge in [0.1, 0.15) is 0 Å². The highest BCUT2D eigenvalue weighted by molar-refractivity contribution is 5.88. The van der Waals surface area contributed by atoms with E-state index in [4.69, 9.17) is 4.74 Å². The minimum absolute atomic E-state index is 0.0732. The molecular weight excluding hydrogens is 254 g/mol. The number of anilines is 2. The Hall–Kier alpha value is -2.56. The van der Waals surface area contributed by atoms with E-state index in [0.717, 1.165) is 16.9 Å². The number of carbonyl (C=O) groups excluding carboxylic acids is 1. The standard InChI is InChI=1S/C15H17N3O2/c1-11(19)18-13-7-5-12(6-8-13)10-17-14-4-3-9-16-15(14)20-2/h3-9,17H,10H2,1-2H3,(H,18,19). The summed E-state index contributed by atoms with van der Waals surface area (Å²) in [5.74, 6) is 0.498. The van der Waals surface area contributed by atoms with Crippen molar-refractivity contribution in [2.24, 2.45) is 0 Å². The quantitative estimate of drug-likeness (QED) is 0.877. The fraction of sp³-hybridized carbons (Fsp3) is 0.200. The second-order valence-electron chi connectivity index (χ2n) is 4.29. The Balaban J connectivity index is 1.98. The van der Waals surface area contributed by atoms with Crippen molar-refractivity contribution in [3.05, 3.63) is 48.2 Å². The van der Waals surface area contributed by atoms with Crippen molar-refractivity contribution >= 4 is 17.3 Å². The number of benzene rings is 1. The Morgan fingerprint density at radius 1 is 1.25 bits per heavy atom. The normalized spacial score (nSPS) is 9.90. The van der Waals surface area contributed by atoms with Crippen LogP contribution in [0.1, 0.15) is 12.5 Å². The number of hydrogen-bond acceptors (Lipinski definition) is 4. The first-order valence-electron chi connectivity index (χ1n) is 6.28. The van der Waals surface area contributed by atoms with Crippen LogP contribution in [0, 0.1) is 0 Å². The maximum Gasteiger partial charge on any atom is 0.237 e. The molecule has 2 rings (SSSR count). The Bertz CT molecular complexity index is 582. The van der Waals surface area contributed by atoms with Crippen molar-refractivity contribution in [3.8, 4) is 5.88 Å². The topological polar surface area (TPSA) is 63.2 Å². The fourth-order valence-electron chi connectivity index (χ4n) is 1.79. The smallest absolute Gasteiger partial charge is 0.237 e. The molecule has 1 amide bonds. The Morgan fingerprint density at radius 3 is 2.65 bits per heavy atom. The molecule has 0 bridgehead atoms. The number of aromatic nitrogens is 1. The van der Waals surface area contributed by atoms with Gasteiger partial charge in [0.15, 0.2) is 0 Å². The predicted molar refractivity (Wildman–Crippen MR) is 78.9 cm³/mol. The van der Waals surface area contributed by atoms with Crippen LogP contribution in [0.15, 0.2) is 42.6 Å². The first-order valence-corrected chi connectivity index (χ1v) is 6.28. The van der Waals surface area contributed by atoms with Crippen LogP contribution in [-0.2, 0) is 11.3 Å². The minimum atomic E-state index is -0.0732. The molecule has 0 spiro atoms. The zero-order valence-electron chi connectivity index (χ0n) is 11.5. The Morgan fingerprint density at radius 2 is 2.00 bits per heavy atom. The first-order chi connectivity index (χ1) is 9.69. The maximum atomic E-state index is 10.9. The van der Waals surface area contributed by atoms with Crippen LogP contribution >= 0.6 is 0 Å². The largest absolute Gasteiger partial charge is 0.480 e. The lowest BCUT2D eigenvalue weighted by Gasteiger charge is -2.10. The lowest BCUT2D eigenvalue weighted by molar-refractivity contribution is -0.114. The van der Waals surface area contributed by atoms with E-state index in [1.165, 1.54) is 6.92 Å². The van der Waals surface area contributed by atoms with Gasteiger partial charge in [-0.05, 0) is 29.8 Å². The number of ether oxygens (including phenoxy) is 1. The molecule has 0 saturated carbocycles. The molecule has 2 N–H and O–H groups in total. The lowest BCUT2D eigenvalue weighted by atomic mass is 10.2. The molecule has 0 saturated heterocycles. The Labute approximate surface area is 118 Å². The average Bonchev–Trinajstić information content (AvgIpc) is 2.46. The van der Waals surface area contributed by atoms with E-state index in [-0.39, 0.29) is 5.91 Å². The molecule has 5 nitrogen and oxygen atoms in total. The van der Waals surface area contributed by atoms with Gasteiger partial charge in [-0.3, -0.25) is 4.79 Å². The molecule has 0 aliphatic carbocycles. The molecule has 0 aliphatic heterocycles. The number of hydrogen-bond donors (Lipinski definition) is 2. The van der Waals surface area contributed by atoms with Gasteiger partial charge >= 0.3 is 0 Å². The van der Waals surface area contributed by atoms with Crippen LogP contribution in [0.2, 0.25) is 0 Å². The van der Waals surface area contributed by atoms with E-state index >= 15 is 0 Å². The number of pyridine rings is 1. The summed E-state index contributed by atoms with van der Waals surface area (Å²) in [6.45, 7) is 2.15. The molecule has 0 radical (unpaired) electrons. The van der Waals surface area contributed by atoms with Gasteiger partial charge in [-0.25, -0.2) is 4.98 Å². The molecular formula is C15H17N3O2. The van der Waals surface area contributed by atoms with Crippen LogP contribution in [0.3, 0.4) is 0 Å². The molecule has 0 fully saturated rings. The summed E-state index contributed by atoms with van der Waals surface area (Å²) in [5.41, 5.74) is 2.74.